The van der Waals surface area contributed by atoms with Crippen LogP contribution in [0.4, 0.5) is 4.39 Å². The Labute approximate surface area is 106 Å². The van der Waals surface area contributed by atoms with Gasteiger partial charge in [-0.2, -0.15) is 5.10 Å². The minimum absolute atomic E-state index is 0.195. The number of aromatic nitrogens is 4. The first-order chi connectivity index (χ1) is 8.81. The second-order valence-electron chi connectivity index (χ2n) is 4.10. The summed E-state index contributed by atoms with van der Waals surface area (Å²) in [6.07, 6.45) is 2.21. The number of H-pyrrole nitrogens is 1. The van der Waals surface area contributed by atoms with Gasteiger partial charge in [0, 0.05) is 16.9 Å². The van der Waals surface area contributed by atoms with E-state index < -0.39 is 0 Å². The van der Waals surface area contributed by atoms with Crippen molar-refractivity contribution in [3.05, 3.63) is 40.8 Å². The van der Waals surface area contributed by atoms with Crippen LogP contribution < -0.4 is 0 Å². The van der Waals surface area contributed by atoms with E-state index in [1.807, 2.05) is 0 Å². The molecule has 0 aliphatic heterocycles. The summed E-state index contributed by atoms with van der Waals surface area (Å²) in [5.74, 6) is 0.484. The first-order valence-corrected chi connectivity index (χ1v) is 6.27. The smallest absolute Gasteiger partial charge is 0.184 e. The molecular formula is C12H7FN4S. The lowest BCUT2D eigenvalue weighted by Crippen LogP contribution is -1.85. The highest BCUT2D eigenvalue weighted by Crippen LogP contribution is 2.41. The van der Waals surface area contributed by atoms with Gasteiger partial charge in [0.25, 0.3) is 0 Å². The van der Waals surface area contributed by atoms with Crippen molar-refractivity contribution in [1.29, 1.82) is 0 Å². The van der Waals surface area contributed by atoms with E-state index in [2.05, 4.69) is 20.2 Å². The molecule has 1 N–H and O–H groups in total. The molecule has 0 unspecified atom stereocenters. The van der Waals surface area contributed by atoms with Gasteiger partial charge in [-0.3, -0.25) is 5.10 Å². The van der Waals surface area contributed by atoms with Crippen LogP contribution in [-0.4, -0.2) is 20.2 Å². The molecule has 0 saturated heterocycles. The van der Waals surface area contributed by atoms with E-state index in [9.17, 15) is 4.39 Å². The number of rotatable bonds is 1. The molecule has 4 nitrogen and oxygen atoms in total. The van der Waals surface area contributed by atoms with Crippen LogP contribution in [0.5, 0.6) is 0 Å². The zero-order chi connectivity index (χ0) is 12.1. The molecule has 88 valence electrons. The lowest BCUT2D eigenvalue weighted by atomic mass is 10.1. The van der Waals surface area contributed by atoms with Gasteiger partial charge in [0.1, 0.15) is 12.1 Å². The van der Waals surface area contributed by atoms with Crippen molar-refractivity contribution in [2.75, 3.05) is 0 Å². The summed E-state index contributed by atoms with van der Waals surface area (Å²) in [5.41, 5.74) is 2.97. The van der Waals surface area contributed by atoms with Crippen LogP contribution >= 0.6 is 11.3 Å². The van der Waals surface area contributed by atoms with Crippen LogP contribution in [0.1, 0.15) is 10.4 Å². The van der Waals surface area contributed by atoms with E-state index in [-0.39, 0.29) is 5.82 Å². The summed E-state index contributed by atoms with van der Waals surface area (Å²) in [7, 11) is 0. The van der Waals surface area contributed by atoms with Gasteiger partial charge < -0.3 is 0 Å². The molecule has 18 heavy (non-hydrogen) atoms. The molecule has 1 aliphatic rings. The molecule has 1 aliphatic carbocycles. The number of nitrogens with one attached hydrogen (secondary N) is 1. The largest absolute Gasteiger partial charge is 0.257 e. The number of fused-ring (bicyclic) bond motifs is 3. The third-order valence-corrected chi connectivity index (χ3v) is 4.05. The average molecular weight is 258 g/mol. The van der Waals surface area contributed by atoms with E-state index in [0.717, 1.165) is 33.1 Å². The van der Waals surface area contributed by atoms with Gasteiger partial charge in [-0.05, 0) is 23.8 Å². The molecular weight excluding hydrogens is 251 g/mol. The summed E-state index contributed by atoms with van der Waals surface area (Å²) in [6.45, 7) is 0. The Hall–Kier alpha value is -2.08. The van der Waals surface area contributed by atoms with Gasteiger partial charge in [-0.25, -0.2) is 14.4 Å². The quantitative estimate of drug-likeness (QED) is 0.571. The number of benzene rings is 1. The molecule has 2 heterocycles. The van der Waals surface area contributed by atoms with Crippen molar-refractivity contribution >= 4 is 11.3 Å². The molecule has 0 amide bonds. The second-order valence-corrected chi connectivity index (χ2v) is 5.19. The first kappa shape index (κ1) is 9.90. The van der Waals surface area contributed by atoms with Gasteiger partial charge in [-0.15, -0.1) is 11.3 Å². The maximum atomic E-state index is 13.2. The molecule has 0 bridgehead atoms. The summed E-state index contributed by atoms with van der Waals surface area (Å²) in [4.78, 5) is 9.81. The van der Waals surface area contributed by atoms with Crippen molar-refractivity contribution < 1.29 is 4.39 Å². The normalized spacial score (nSPS) is 12.5. The highest BCUT2D eigenvalue weighted by molar-refractivity contribution is 7.15. The van der Waals surface area contributed by atoms with E-state index in [1.165, 1.54) is 12.4 Å². The third kappa shape index (κ3) is 1.32. The number of aromatic amines is 1. The standard InChI is InChI=1S/C12H7FN4S/c13-7-1-2-8-6(3-7)4-9-10(8)16-12(18-9)11-14-5-15-17-11/h1-3,5H,4H2,(H,14,15,17). The molecule has 0 radical (unpaired) electrons. The molecule has 3 aromatic rings. The third-order valence-electron chi connectivity index (χ3n) is 2.99. The Morgan fingerprint density at radius 3 is 3.11 bits per heavy atom. The van der Waals surface area contributed by atoms with Crippen molar-refractivity contribution in [3.63, 3.8) is 0 Å². The minimum Gasteiger partial charge on any atom is -0.257 e. The minimum atomic E-state index is -0.195. The van der Waals surface area contributed by atoms with Gasteiger partial charge in [0.05, 0.1) is 5.69 Å². The Morgan fingerprint density at radius 1 is 1.33 bits per heavy atom. The number of nitrogens with zero attached hydrogens (tertiary/aromatic N) is 3. The van der Waals surface area contributed by atoms with Crippen molar-refractivity contribution in [2.45, 2.75) is 6.42 Å². The van der Waals surface area contributed by atoms with Crippen LogP contribution in [0.15, 0.2) is 24.5 Å². The number of halogens is 1. The van der Waals surface area contributed by atoms with Gasteiger partial charge >= 0.3 is 0 Å². The van der Waals surface area contributed by atoms with Crippen molar-refractivity contribution in [2.24, 2.45) is 0 Å². The van der Waals surface area contributed by atoms with E-state index in [1.54, 1.807) is 23.5 Å². The van der Waals surface area contributed by atoms with Crippen molar-refractivity contribution in [1.82, 2.24) is 20.2 Å². The van der Waals surface area contributed by atoms with Gasteiger partial charge in [0.15, 0.2) is 10.8 Å². The highest BCUT2D eigenvalue weighted by atomic mass is 32.1. The Balaban J connectivity index is 1.86. The van der Waals surface area contributed by atoms with Crippen LogP contribution in [0.2, 0.25) is 0 Å². The van der Waals surface area contributed by atoms with Crippen LogP contribution in [0.3, 0.4) is 0 Å². The van der Waals surface area contributed by atoms with Gasteiger partial charge in [0.2, 0.25) is 0 Å². The number of hydrogen-bond acceptors (Lipinski definition) is 4. The lowest BCUT2D eigenvalue weighted by Gasteiger charge is -1.98. The van der Waals surface area contributed by atoms with E-state index in [0.29, 0.717) is 5.82 Å². The predicted octanol–water partition coefficient (Wildman–Crippen LogP) is 2.64. The molecule has 1 aromatic carbocycles. The molecule has 2 aromatic heterocycles. The van der Waals surface area contributed by atoms with Gasteiger partial charge in [-0.1, -0.05) is 0 Å². The second kappa shape index (κ2) is 3.46. The van der Waals surface area contributed by atoms with Crippen molar-refractivity contribution in [3.8, 4) is 22.1 Å². The fourth-order valence-electron chi connectivity index (χ4n) is 2.20. The SMILES string of the molecule is Fc1ccc2c(c1)Cc1sc(-c3ncn[nH]3)nc1-2. The molecule has 4 rings (SSSR count). The lowest BCUT2D eigenvalue weighted by molar-refractivity contribution is 0.626. The van der Waals surface area contributed by atoms with Crippen LogP contribution in [-0.2, 0) is 6.42 Å². The monoisotopic (exact) mass is 258 g/mol. The molecule has 6 heteroatoms. The van der Waals surface area contributed by atoms with E-state index >= 15 is 0 Å². The Morgan fingerprint density at radius 2 is 2.28 bits per heavy atom. The fraction of sp³-hybridized carbons (Fsp3) is 0.0833. The molecule has 0 fully saturated rings. The average Bonchev–Trinajstić information content (AvgIpc) is 3.01. The summed E-state index contributed by atoms with van der Waals surface area (Å²) >= 11 is 1.57. The predicted molar refractivity (Wildman–Crippen MR) is 65.7 cm³/mol. The number of thiazole rings is 1. The maximum absolute atomic E-state index is 13.2. The zero-order valence-corrected chi connectivity index (χ0v) is 9.96. The number of hydrogen-bond donors (Lipinski definition) is 1. The summed E-state index contributed by atoms with van der Waals surface area (Å²) in [6, 6.07) is 4.85. The maximum Gasteiger partial charge on any atom is 0.184 e. The highest BCUT2D eigenvalue weighted by Gasteiger charge is 2.24. The molecule has 0 atom stereocenters. The molecule has 0 saturated carbocycles. The Bertz CT molecular complexity index is 733. The topological polar surface area (TPSA) is 54.5 Å². The molecule has 0 spiro atoms. The Kier molecular flexibility index (Phi) is 1.90. The summed E-state index contributed by atoms with van der Waals surface area (Å²) < 4.78 is 13.2. The fourth-order valence-corrected chi connectivity index (χ4v) is 3.25. The zero-order valence-electron chi connectivity index (χ0n) is 9.14. The van der Waals surface area contributed by atoms with Crippen LogP contribution in [0, 0.1) is 5.82 Å². The van der Waals surface area contributed by atoms with Crippen LogP contribution in [0.25, 0.3) is 22.1 Å². The van der Waals surface area contributed by atoms with E-state index in [4.69, 9.17) is 0 Å². The first-order valence-electron chi connectivity index (χ1n) is 5.45. The summed E-state index contributed by atoms with van der Waals surface area (Å²) in [5, 5.41) is 7.45.